The Morgan fingerprint density at radius 2 is 2.33 bits per heavy atom. The maximum atomic E-state index is 8.97. The van der Waals surface area contributed by atoms with Gasteiger partial charge in [-0.1, -0.05) is 23.8 Å². The van der Waals surface area contributed by atoms with Gasteiger partial charge in [0.25, 0.3) is 0 Å². The molecule has 0 saturated heterocycles. The molecule has 0 heterocycles. The zero-order valence-corrected chi connectivity index (χ0v) is 10.1. The molecule has 1 rings (SSSR count). The summed E-state index contributed by atoms with van der Waals surface area (Å²) in [5.74, 6) is 0.666. The molecule has 0 aromatic carbocycles. The fourth-order valence-electron chi connectivity index (χ4n) is 2.10. The minimum Gasteiger partial charge on any atom is -0.198 e. The van der Waals surface area contributed by atoms with E-state index >= 15 is 0 Å². The quantitative estimate of drug-likeness (QED) is 0.630. The van der Waals surface area contributed by atoms with Gasteiger partial charge in [0.05, 0.1) is 11.5 Å². The van der Waals surface area contributed by atoms with Gasteiger partial charge in [-0.25, -0.2) is 0 Å². The Labute approximate surface area is 93.5 Å². The van der Waals surface area contributed by atoms with Crippen LogP contribution in [0.25, 0.3) is 0 Å². The first-order chi connectivity index (χ1) is 6.94. The Morgan fingerprint density at radius 3 is 2.73 bits per heavy atom. The Hall–Kier alpha value is -1.03. The molecule has 1 heteroatoms. The average Bonchev–Trinajstić information content (AvgIpc) is 2.18. The molecule has 0 bridgehead atoms. The lowest BCUT2D eigenvalue weighted by Gasteiger charge is -2.25. The van der Waals surface area contributed by atoms with Crippen LogP contribution in [0.3, 0.4) is 0 Å². The van der Waals surface area contributed by atoms with Gasteiger partial charge in [-0.2, -0.15) is 5.26 Å². The molecule has 0 saturated carbocycles. The van der Waals surface area contributed by atoms with Crippen LogP contribution in [-0.4, -0.2) is 0 Å². The van der Waals surface area contributed by atoms with Gasteiger partial charge in [-0.05, 0) is 52.4 Å². The Kier molecular flexibility index (Phi) is 3.74. The molecule has 1 atom stereocenters. The molecule has 0 amide bonds. The van der Waals surface area contributed by atoms with E-state index in [9.17, 15) is 0 Å². The number of hydrogen-bond donors (Lipinski definition) is 0. The van der Waals surface area contributed by atoms with Crippen molar-refractivity contribution in [2.24, 2.45) is 11.3 Å². The molecular formula is C14H21N. The van der Waals surface area contributed by atoms with Crippen molar-refractivity contribution in [2.45, 2.75) is 46.5 Å². The van der Waals surface area contributed by atoms with Gasteiger partial charge in [0, 0.05) is 0 Å². The van der Waals surface area contributed by atoms with Crippen LogP contribution in [0.15, 0.2) is 23.8 Å². The van der Waals surface area contributed by atoms with E-state index in [2.05, 4.69) is 25.6 Å². The molecular weight excluding hydrogens is 182 g/mol. The van der Waals surface area contributed by atoms with E-state index in [1.807, 2.05) is 13.8 Å². The van der Waals surface area contributed by atoms with E-state index in [-0.39, 0.29) is 5.41 Å². The van der Waals surface area contributed by atoms with E-state index in [1.165, 1.54) is 17.6 Å². The van der Waals surface area contributed by atoms with Crippen molar-refractivity contribution >= 4 is 0 Å². The summed E-state index contributed by atoms with van der Waals surface area (Å²) >= 11 is 0. The second-order valence-corrected chi connectivity index (χ2v) is 5.35. The van der Waals surface area contributed by atoms with E-state index in [0.29, 0.717) is 5.92 Å². The average molecular weight is 203 g/mol. The van der Waals surface area contributed by atoms with Crippen LogP contribution < -0.4 is 0 Å². The highest BCUT2D eigenvalue weighted by molar-refractivity contribution is 5.15. The maximum absolute atomic E-state index is 8.97. The van der Waals surface area contributed by atoms with Gasteiger partial charge in [0.1, 0.15) is 0 Å². The van der Waals surface area contributed by atoms with Gasteiger partial charge >= 0.3 is 0 Å². The third-order valence-electron chi connectivity index (χ3n) is 3.17. The summed E-state index contributed by atoms with van der Waals surface area (Å²) in [5, 5.41) is 8.97. The van der Waals surface area contributed by atoms with Crippen molar-refractivity contribution < 1.29 is 0 Å². The third-order valence-corrected chi connectivity index (χ3v) is 3.17. The highest BCUT2D eigenvalue weighted by Gasteiger charge is 2.22. The summed E-state index contributed by atoms with van der Waals surface area (Å²) < 4.78 is 0. The van der Waals surface area contributed by atoms with E-state index in [0.717, 1.165) is 19.3 Å². The Bertz CT molecular complexity index is 315. The molecule has 1 nitrogen and oxygen atoms in total. The second-order valence-electron chi connectivity index (χ2n) is 5.35. The van der Waals surface area contributed by atoms with Gasteiger partial charge in [-0.3, -0.25) is 0 Å². The minimum atomic E-state index is -0.206. The zero-order valence-electron chi connectivity index (χ0n) is 10.1. The first-order valence-electron chi connectivity index (χ1n) is 5.69. The lowest BCUT2D eigenvalue weighted by Crippen LogP contribution is -2.13. The molecule has 0 spiro atoms. The minimum absolute atomic E-state index is 0.206. The predicted molar refractivity (Wildman–Crippen MR) is 64.2 cm³/mol. The highest BCUT2D eigenvalue weighted by atomic mass is 14.3. The number of hydrogen-bond acceptors (Lipinski definition) is 1. The molecule has 0 radical (unpaired) electrons. The molecule has 15 heavy (non-hydrogen) atoms. The lowest BCUT2D eigenvalue weighted by molar-refractivity contribution is 0.453. The molecule has 0 N–H and O–H groups in total. The number of nitrogens with zero attached hydrogens (tertiary/aromatic N) is 1. The normalized spacial score (nSPS) is 21.7. The second kappa shape index (κ2) is 4.66. The van der Waals surface area contributed by atoms with Crippen molar-refractivity contribution in [3.8, 4) is 6.07 Å². The van der Waals surface area contributed by atoms with Crippen molar-refractivity contribution in [3.63, 3.8) is 0 Å². The molecule has 0 aliphatic heterocycles. The molecule has 0 fully saturated rings. The van der Waals surface area contributed by atoms with Gasteiger partial charge < -0.3 is 0 Å². The SMILES string of the molecule is C=C(C)[C@@H]1CC=C(CC(C)(C)C#N)CC1. The van der Waals surface area contributed by atoms with Gasteiger partial charge in [-0.15, -0.1) is 0 Å². The Balaban J connectivity index is 2.55. The van der Waals surface area contributed by atoms with Crippen LogP contribution in [0.2, 0.25) is 0 Å². The Morgan fingerprint density at radius 1 is 1.67 bits per heavy atom. The highest BCUT2D eigenvalue weighted by Crippen LogP contribution is 2.34. The zero-order chi connectivity index (χ0) is 11.5. The molecule has 0 aromatic rings. The molecule has 1 aliphatic carbocycles. The van der Waals surface area contributed by atoms with Crippen LogP contribution >= 0.6 is 0 Å². The topological polar surface area (TPSA) is 23.8 Å². The summed E-state index contributed by atoms with van der Waals surface area (Å²) in [6, 6.07) is 2.36. The van der Waals surface area contributed by atoms with E-state index in [4.69, 9.17) is 5.26 Å². The number of nitriles is 1. The smallest absolute Gasteiger partial charge is 0.0687 e. The molecule has 0 aromatic heterocycles. The maximum Gasteiger partial charge on any atom is 0.0687 e. The van der Waals surface area contributed by atoms with Crippen LogP contribution in [0.4, 0.5) is 0 Å². The predicted octanol–water partition coefficient (Wildman–Crippen LogP) is 4.23. The summed E-state index contributed by atoms with van der Waals surface area (Å²) in [6.45, 7) is 10.2. The van der Waals surface area contributed by atoms with Gasteiger partial charge in [0.15, 0.2) is 0 Å². The summed E-state index contributed by atoms with van der Waals surface area (Å²) in [7, 11) is 0. The molecule has 1 aliphatic rings. The van der Waals surface area contributed by atoms with Crippen molar-refractivity contribution in [3.05, 3.63) is 23.8 Å². The molecule has 0 unspecified atom stereocenters. The van der Waals surface area contributed by atoms with Crippen molar-refractivity contribution in [1.82, 2.24) is 0 Å². The van der Waals surface area contributed by atoms with Crippen LogP contribution in [0.5, 0.6) is 0 Å². The largest absolute Gasteiger partial charge is 0.198 e. The van der Waals surface area contributed by atoms with Gasteiger partial charge in [0.2, 0.25) is 0 Å². The first kappa shape index (κ1) is 12.0. The fourth-order valence-corrected chi connectivity index (χ4v) is 2.10. The molecule has 82 valence electrons. The van der Waals surface area contributed by atoms with Crippen LogP contribution in [-0.2, 0) is 0 Å². The van der Waals surface area contributed by atoms with Crippen molar-refractivity contribution in [1.29, 1.82) is 5.26 Å². The first-order valence-corrected chi connectivity index (χ1v) is 5.69. The number of allylic oxidation sites excluding steroid dienone is 3. The van der Waals surface area contributed by atoms with E-state index in [1.54, 1.807) is 0 Å². The standard InChI is InChI=1S/C14H21N/c1-11(2)13-7-5-12(6-8-13)9-14(3,4)10-15/h5,13H,1,6-9H2,2-4H3/t13-/m1/s1. The van der Waals surface area contributed by atoms with Crippen molar-refractivity contribution in [2.75, 3.05) is 0 Å². The third kappa shape index (κ3) is 3.55. The summed E-state index contributed by atoms with van der Waals surface area (Å²) in [6.07, 6.45) is 6.71. The van der Waals surface area contributed by atoms with E-state index < -0.39 is 0 Å². The summed E-state index contributed by atoms with van der Waals surface area (Å²) in [5.41, 5.74) is 2.55. The summed E-state index contributed by atoms with van der Waals surface area (Å²) in [4.78, 5) is 0. The number of rotatable bonds is 3. The fraction of sp³-hybridized carbons (Fsp3) is 0.643. The lowest BCUT2D eigenvalue weighted by atomic mass is 9.79. The van der Waals surface area contributed by atoms with Crippen LogP contribution in [0, 0.1) is 22.7 Å². The van der Waals surface area contributed by atoms with Crippen LogP contribution in [0.1, 0.15) is 46.5 Å². The monoisotopic (exact) mass is 203 g/mol.